The van der Waals surface area contributed by atoms with Gasteiger partial charge in [-0.2, -0.15) is 0 Å². The third kappa shape index (κ3) is 3.92. The number of hydrogen-bond acceptors (Lipinski definition) is 3. The van der Waals surface area contributed by atoms with E-state index in [1.165, 1.54) is 5.56 Å². The lowest BCUT2D eigenvalue weighted by Gasteiger charge is -2.08. The third-order valence-corrected chi connectivity index (χ3v) is 4.83. The maximum absolute atomic E-state index is 13.3. The van der Waals surface area contributed by atoms with Crippen LogP contribution in [0.5, 0.6) is 0 Å². The Balaban J connectivity index is 1.90. The fourth-order valence-corrected chi connectivity index (χ4v) is 3.21. The number of aryl methyl sites for hydroxylation is 1. The minimum Gasteiger partial charge on any atom is -0.319 e. The zero-order valence-corrected chi connectivity index (χ0v) is 16.1. The van der Waals surface area contributed by atoms with Gasteiger partial charge in [-0.1, -0.05) is 73.7 Å². The Bertz CT molecular complexity index is 1250. The summed E-state index contributed by atoms with van der Waals surface area (Å²) in [6.45, 7) is 2.09. The Morgan fingerprint density at radius 1 is 0.931 bits per heavy atom. The fraction of sp³-hybridized carbons (Fsp3) is 0.0800. The highest BCUT2D eigenvalue weighted by atomic mass is 16.1. The molecule has 0 spiro atoms. The van der Waals surface area contributed by atoms with Crippen molar-refractivity contribution in [2.45, 2.75) is 13.3 Å². The highest BCUT2D eigenvalue weighted by molar-refractivity contribution is 6.32. The Morgan fingerprint density at radius 3 is 2.34 bits per heavy atom. The number of carbonyl (C=O) groups excluding carboxylic acids is 1. The molecule has 4 aromatic rings. The molecular weight excluding hydrogens is 360 g/mol. The molecule has 0 amide bonds. The number of nitrogens with one attached hydrogen (secondary N) is 1. The molecule has 0 bridgehead atoms. The van der Waals surface area contributed by atoms with E-state index < -0.39 is 0 Å². The number of carbonyl (C=O) groups is 1. The molecule has 29 heavy (non-hydrogen) atoms. The van der Waals surface area contributed by atoms with Crippen LogP contribution in [0.25, 0.3) is 22.7 Å². The molecule has 1 N–H and O–H groups in total. The maximum atomic E-state index is 13.3. The second-order valence-corrected chi connectivity index (χ2v) is 6.78. The van der Waals surface area contributed by atoms with Gasteiger partial charge in [-0.3, -0.25) is 9.59 Å². The van der Waals surface area contributed by atoms with Crippen molar-refractivity contribution in [1.82, 2.24) is 9.97 Å². The first-order chi connectivity index (χ1) is 14.2. The number of ketones is 1. The van der Waals surface area contributed by atoms with Crippen molar-refractivity contribution in [3.05, 3.63) is 112 Å². The van der Waals surface area contributed by atoms with Crippen LogP contribution in [0.3, 0.4) is 0 Å². The molecule has 0 saturated heterocycles. The van der Waals surface area contributed by atoms with Crippen molar-refractivity contribution < 1.29 is 4.79 Å². The van der Waals surface area contributed by atoms with Gasteiger partial charge < -0.3 is 4.98 Å². The van der Waals surface area contributed by atoms with Crippen LogP contribution >= 0.6 is 0 Å². The van der Waals surface area contributed by atoms with Crippen LogP contribution in [0.15, 0.2) is 83.7 Å². The van der Waals surface area contributed by atoms with Crippen molar-refractivity contribution >= 4 is 28.5 Å². The molecule has 3 aromatic carbocycles. The van der Waals surface area contributed by atoms with Crippen LogP contribution in [-0.4, -0.2) is 15.8 Å². The lowest BCUT2D eigenvalue weighted by Crippen LogP contribution is -2.18. The van der Waals surface area contributed by atoms with E-state index in [4.69, 9.17) is 0 Å². The molecule has 4 rings (SSSR count). The van der Waals surface area contributed by atoms with Gasteiger partial charge in [0.2, 0.25) is 0 Å². The number of aromatic amines is 1. The summed E-state index contributed by atoms with van der Waals surface area (Å²) in [5, 5.41) is 0. The molecule has 0 aliphatic heterocycles. The van der Waals surface area contributed by atoms with E-state index in [1.54, 1.807) is 36.4 Å². The van der Waals surface area contributed by atoms with Crippen LogP contribution < -0.4 is 5.56 Å². The molecule has 142 valence electrons. The summed E-state index contributed by atoms with van der Waals surface area (Å²) in [4.78, 5) is 33.4. The SMILES string of the molecule is CCc1ccc(/C=C(/C(=O)c2ccccc2)c2nc3ccccc3[nH]c2=O)cc1. The summed E-state index contributed by atoms with van der Waals surface area (Å²) < 4.78 is 0. The van der Waals surface area contributed by atoms with E-state index in [2.05, 4.69) is 16.9 Å². The topological polar surface area (TPSA) is 62.8 Å². The number of Topliss-reactive ketones (excluding diaryl/α,β-unsaturated/α-hetero) is 1. The van der Waals surface area contributed by atoms with Crippen LogP contribution in [0.1, 0.15) is 34.1 Å². The fourth-order valence-electron chi connectivity index (χ4n) is 3.21. The second-order valence-electron chi connectivity index (χ2n) is 6.78. The number of nitrogens with zero attached hydrogens (tertiary/aromatic N) is 1. The van der Waals surface area contributed by atoms with Gasteiger partial charge in [-0.05, 0) is 35.8 Å². The summed E-state index contributed by atoms with van der Waals surface area (Å²) in [6.07, 6.45) is 2.67. The summed E-state index contributed by atoms with van der Waals surface area (Å²) in [6, 6.07) is 24.2. The number of benzene rings is 3. The predicted molar refractivity (Wildman–Crippen MR) is 117 cm³/mol. The number of aromatic nitrogens is 2. The van der Waals surface area contributed by atoms with Crippen LogP contribution in [-0.2, 0) is 6.42 Å². The molecule has 0 fully saturated rings. The van der Waals surface area contributed by atoms with E-state index in [1.807, 2.05) is 48.5 Å². The van der Waals surface area contributed by atoms with Crippen molar-refractivity contribution in [3.8, 4) is 0 Å². The average Bonchev–Trinajstić information content (AvgIpc) is 2.78. The summed E-state index contributed by atoms with van der Waals surface area (Å²) in [7, 11) is 0. The average molecular weight is 380 g/mol. The number of rotatable bonds is 5. The standard InChI is InChI=1S/C25H20N2O2/c1-2-17-12-14-18(15-13-17)16-20(24(28)19-8-4-3-5-9-19)23-25(29)27-22-11-7-6-10-21(22)26-23/h3-16H,2H2,1H3,(H,27,29)/b20-16+. The lowest BCUT2D eigenvalue weighted by molar-refractivity contribution is 0.105. The van der Waals surface area contributed by atoms with E-state index >= 15 is 0 Å². The smallest absolute Gasteiger partial charge is 0.275 e. The minimum atomic E-state index is -0.385. The number of allylic oxidation sites excluding steroid dienone is 1. The summed E-state index contributed by atoms with van der Waals surface area (Å²) in [5.74, 6) is -0.238. The van der Waals surface area contributed by atoms with Crippen LogP contribution in [0.2, 0.25) is 0 Å². The number of fused-ring (bicyclic) bond motifs is 1. The minimum absolute atomic E-state index is 0.122. The first-order valence-corrected chi connectivity index (χ1v) is 9.55. The quantitative estimate of drug-likeness (QED) is 0.395. The molecule has 1 aromatic heterocycles. The third-order valence-electron chi connectivity index (χ3n) is 4.83. The zero-order valence-electron chi connectivity index (χ0n) is 16.1. The lowest BCUT2D eigenvalue weighted by atomic mass is 9.98. The molecule has 0 aliphatic carbocycles. The van der Waals surface area contributed by atoms with Crippen LogP contribution in [0, 0.1) is 0 Å². The van der Waals surface area contributed by atoms with Crippen LogP contribution in [0.4, 0.5) is 0 Å². The van der Waals surface area contributed by atoms with Gasteiger partial charge in [0.25, 0.3) is 5.56 Å². The molecule has 1 heterocycles. The molecule has 0 atom stereocenters. The van der Waals surface area contributed by atoms with Gasteiger partial charge in [0.05, 0.1) is 16.6 Å². The Kier molecular flexibility index (Phi) is 5.16. The van der Waals surface area contributed by atoms with E-state index in [0.717, 1.165) is 12.0 Å². The van der Waals surface area contributed by atoms with Crippen molar-refractivity contribution in [2.75, 3.05) is 0 Å². The number of H-pyrrole nitrogens is 1. The first-order valence-electron chi connectivity index (χ1n) is 9.55. The number of para-hydroxylation sites is 2. The highest BCUT2D eigenvalue weighted by Crippen LogP contribution is 2.21. The molecule has 0 radical (unpaired) electrons. The van der Waals surface area contributed by atoms with Gasteiger partial charge >= 0.3 is 0 Å². The van der Waals surface area contributed by atoms with Crippen molar-refractivity contribution in [2.24, 2.45) is 0 Å². The van der Waals surface area contributed by atoms with E-state index in [0.29, 0.717) is 16.6 Å². The second kappa shape index (κ2) is 8.07. The van der Waals surface area contributed by atoms with Gasteiger partial charge in [0.1, 0.15) is 5.69 Å². The Hall–Kier alpha value is -3.79. The molecule has 0 unspecified atom stereocenters. The van der Waals surface area contributed by atoms with Gasteiger partial charge in [-0.25, -0.2) is 4.98 Å². The van der Waals surface area contributed by atoms with E-state index in [-0.39, 0.29) is 22.6 Å². The van der Waals surface area contributed by atoms with Gasteiger partial charge in [-0.15, -0.1) is 0 Å². The monoisotopic (exact) mass is 380 g/mol. The van der Waals surface area contributed by atoms with Gasteiger partial charge in [0.15, 0.2) is 5.78 Å². The maximum Gasteiger partial charge on any atom is 0.275 e. The molecule has 4 heteroatoms. The van der Waals surface area contributed by atoms with E-state index in [9.17, 15) is 9.59 Å². The summed E-state index contributed by atoms with van der Waals surface area (Å²) >= 11 is 0. The molecule has 0 aliphatic rings. The zero-order chi connectivity index (χ0) is 20.2. The highest BCUT2D eigenvalue weighted by Gasteiger charge is 2.19. The first kappa shape index (κ1) is 18.6. The summed E-state index contributed by atoms with van der Waals surface area (Å²) in [5.41, 5.74) is 3.85. The number of hydrogen-bond donors (Lipinski definition) is 1. The Labute approximate surface area is 168 Å². The molecular formula is C25H20N2O2. The molecule has 4 nitrogen and oxygen atoms in total. The predicted octanol–water partition coefficient (Wildman–Crippen LogP) is 4.91. The van der Waals surface area contributed by atoms with Crippen molar-refractivity contribution in [3.63, 3.8) is 0 Å². The van der Waals surface area contributed by atoms with Gasteiger partial charge in [0, 0.05) is 5.56 Å². The molecule has 0 saturated carbocycles. The Morgan fingerprint density at radius 2 is 1.62 bits per heavy atom. The van der Waals surface area contributed by atoms with Crippen molar-refractivity contribution in [1.29, 1.82) is 0 Å². The largest absolute Gasteiger partial charge is 0.319 e. The normalized spacial score (nSPS) is 11.6.